The lowest BCUT2D eigenvalue weighted by Crippen LogP contribution is -2.64. The number of amides is 2. The van der Waals surface area contributed by atoms with Crippen LogP contribution in [0.25, 0.3) is 0 Å². The fraction of sp³-hybridized carbons (Fsp3) is 0.429. The molecule has 1 aliphatic rings. The molecule has 2 amide bonds. The normalized spacial score (nSPS) is 15.7. The largest absolute Gasteiger partial charge is 0.478 e. The van der Waals surface area contributed by atoms with Gasteiger partial charge in [-0.15, -0.1) is 0 Å². The molecular weight excluding hydrogens is 674 g/mol. The minimum absolute atomic E-state index is 0.107. The van der Waals surface area contributed by atoms with Crippen molar-refractivity contribution in [3.05, 3.63) is 89.8 Å². The van der Waals surface area contributed by atoms with Crippen molar-refractivity contribution in [3.8, 4) is 5.75 Å². The quantitative estimate of drug-likeness (QED) is 0.269. The minimum Gasteiger partial charge on any atom is -0.478 e. The lowest BCUT2D eigenvalue weighted by molar-refractivity contribution is -0.163. The van der Waals surface area contributed by atoms with Crippen LogP contribution >= 0.6 is 0 Å². The number of benzene rings is 2. The summed E-state index contributed by atoms with van der Waals surface area (Å²) in [5, 5.41) is 2.50. The van der Waals surface area contributed by atoms with Crippen molar-refractivity contribution in [2.75, 3.05) is 27.2 Å². The van der Waals surface area contributed by atoms with E-state index in [2.05, 4.69) is 10.3 Å². The van der Waals surface area contributed by atoms with Gasteiger partial charge in [-0.1, -0.05) is 26.0 Å². The predicted octanol–water partition coefficient (Wildman–Crippen LogP) is 4.43. The molecule has 0 aliphatic carbocycles. The van der Waals surface area contributed by atoms with Gasteiger partial charge in [-0.2, -0.15) is 4.31 Å². The van der Waals surface area contributed by atoms with Crippen molar-refractivity contribution in [1.29, 1.82) is 0 Å². The fourth-order valence-electron chi connectivity index (χ4n) is 5.14. The number of nitrogens with zero attached hydrogens (tertiary/aromatic N) is 3. The molecule has 0 spiro atoms. The van der Waals surface area contributed by atoms with Crippen LogP contribution in [0, 0.1) is 17.6 Å². The number of aromatic nitrogens is 1. The second kappa shape index (κ2) is 15.1. The van der Waals surface area contributed by atoms with Gasteiger partial charge in [-0.05, 0) is 80.8 Å². The van der Waals surface area contributed by atoms with Crippen molar-refractivity contribution in [1.82, 2.24) is 19.5 Å². The molecule has 270 valence electrons. The van der Waals surface area contributed by atoms with E-state index in [1.165, 1.54) is 73.6 Å². The second-order valence-electron chi connectivity index (χ2n) is 13.6. The summed E-state index contributed by atoms with van der Waals surface area (Å²) in [6, 6.07) is 12.3. The number of pyridine rings is 1. The van der Waals surface area contributed by atoms with Crippen molar-refractivity contribution in [2.24, 2.45) is 5.92 Å². The van der Waals surface area contributed by atoms with E-state index in [0.717, 1.165) is 10.5 Å². The molecule has 50 heavy (non-hydrogen) atoms. The predicted molar refractivity (Wildman–Crippen MR) is 178 cm³/mol. The Morgan fingerprint density at radius 3 is 2.20 bits per heavy atom. The number of sulfonamides is 1. The van der Waals surface area contributed by atoms with E-state index in [-0.39, 0.29) is 41.8 Å². The Balaban J connectivity index is 1.59. The zero-order valence-electron chi connectivity index (χ0n) is 29.0. The Bertz CT molecular complexity index is 1790. The van der Waals surface area contributed by atoms with E-state index >= 15 is 0 Å². The first kappa shape index (κ1) is 38.2. The van der Waals surface area contributed by atoms with E-state index in [4.69, 9.17) is 14.2 Å². The molecule has 1 aromatic heterocycles. The van der Waals surface area contributed by atoms with E-state index < -0.39 is 63.0 Å². The lowest BCUT2D eigenvalue weighted by Gasteiger charge is -2.48. The number of alkyl carbamates (subject to hydrolysis) is 1. The van der Waals surface area contributed by atoms with Crippen LogP contribution in [0.2, 0.25) is 0 Å². The van der Waals surface area contributed by atoms with Gasteiger partial charge in [-0.25, -0.2) is 26.8 Å². The van der Waals surface area contributed by atoms with Crippen LogP contribution in [0.3, 0.4) is 0 Å². The van der Waals surface area contributed by atoms with Gasteiger partial charge in [-0.3, -0.25) is 9.78 Å². The van der Waals surface area contributed by atoms with Gasteiger partial charge in [0.2, 0.25) is 10.0 Å². The minimum atomic E-state index is -4.15. The smallest absolute Gasteiger partial charge is 0.408 e. The zero-order valence-corrected chi connectivity index (χ0v) is 29.8. The van der Waals surface area contributed by atoms with Crippen LogP contribution in [0.1, 0.15) is 45.9 Å². The lowest BCUT2D eigenvalue weighted by atomic mass is 9.91. The standard InChI is InChI=1S/C35H42F2N4O8S/c1-22(2)30(31(42)40(6)7)47-32(43)28(39-33(44)49-34(3,4)5)18-23-9-8-10-27(17-23)50(45,46)41-20-35(21-41,29-16-13-25(37)19-38-29)48-26-14-11-24(36)12-15-26/h8-17,19,22,28,30H,18,20-21H2,1-7H3,(H,39,44)/t28-,30?/m0/s1. The highest BCUT2D eigenvalue weighted by Gasteiger charge is 2.53. The average Bonchev–Trinajstić information content (AvgIpc) is 3.01. The molecule has 12 nitrogen and oxygen atoms in total. The summed E-state index contributed by atoms with van der Waals surface area (Å²) in [5.74, 6) is -2.54. The summed E-state index contributed by atoms with van der Waals surface area (Å²) in [7, 11) is -1.09. The third-order valence-corrected chi connectivity index (χ3v) is 9.46. The van der Waals surface area contributed by atoms with Gasteiger partial charge in [0.05, 0.1) is 29.9 Å². The maximum absolute atomic E-state index is 13.9. The first-order chi connectivity index (χ1) is 23.3. The summed E-state index contributed by atoms with van der Waals surface area (Å²) < 4.78 is 73.3. The number of likely N-dealkylation sites (N-methyl/N-ethyl adjacent to an activating group) is 1. The van der Waals surface area contributed by atoms with Crippen molar-refractivity contribution in [3.63, 3.8) is 0 Å². The number of halogens is 2. The number of hydrogen-bond donors (Lipinski definition) is 1. The van der Waals surface area contributed by atoms with Crippen LogP contribution in [0.15, 0.2) is 71.8 Å². The number of carbonyl (C=O) groups excluding carboxylic acids is 3. The molecule has 0 bridgehead atoms. The Morgan fingerprint density at radius 1 is 1.00 bits per heavy atom. The van der Waals surface area contributed by atoms with Gasteiger partial charge < -0.3 is 24.4 Å². The highest BCUT2D eigenvalue weighted by molar-refractivity contribution is 7.89. The van der Waals surface area contributed by atoms with Crippen molar-refractivity contribution >= 4 is 28.0 Å². The Kier molecular flexibility index (Phi) is 11.5. The van der Waals surface area contributed by atoms with Crippen molar-refractivity contribution in [2.45, 2.75) is 69.3 Å². The highest BCUT2D eigenvalue weighted by atomic mass is 32.2. The number of rotatable bonds is 12. The van der Waals surface area contributed by atoms with E-state index in [1.54, 1.807) is 40.7 Å². The van der Waals surface area contributed by atoms with Crippen LogP contribution in [0.5, 0.6) is 5.75 Å². The molecule has 0 saturated carbocycles. The molecule has 2 aromatic carbocycles. The summed E-state index contributed by atoms with van der Waals surface area (Å²) in [5.41, 5.74) is -1.53. The number of ether oxygens (including phenoxy) is 3. The molecule has 2 atom stereocenters. The molecule has 2 heterocycles. The van der Waals surface area contributed by atoms with Crippen LogP contribution in [0.4, 0.5) is 13.6 Å². The van der Waals surface area contributed by atoms with E-state index in [9.17, 15) is 31.6 Å². The first-order valence-electron chi connectivity index (χ1n) is 15.9. The molecule has 15 heteroatoms. The number of nitrogens with one attached hydrogen (secondary N) is 1. The fourth-order valence-corrected chi connectivity index (χ4v) is 6.75. The summed E-state index contributed by atoms with van der Waals surface area (Å²) in [6.45, 7) is 8.00. The van der Waals surface area contributed by atoms with Gasteiger partial charge in [0, 0.05) is 20.5 Å². The number of carbonyl (C=O) groups is 3. The SMILES string of the molecule is CC(C)C(OC(=O)[C@H](Cc1cccc(S(=O)(=O)N2CC(Oc3ccc(F)cc3)(c3ccc(F)cn3)C2)c1)NC(=O)OC(C)(C)C)C(=O)N(C)C. The monoisotopic (exact) mass is 716 g/mol. The molecule has 1 aliphatic heterocycles. The molecule has 1 N–H and O–H groups in total. The Hall–Kier alpha value is -4.63. The van der Waals surface area contributed by atoms with Gasteiger partial charge in [0.1, 0.15) is 29.0 Å². The molecule has 1 fully saturated rings. The summed E-state index contributed by atoms with van der Waals surface area (Å²) >= 11 is 0. The molecular formula is C35H42F2N4O8S. The molecule has 1 unspecified atom stereocenters. The Labute approximate surface area is 290 Å². The molecule has 3 aromatic rings. The molecule has 0 radical (unpaired) electrons. The first-order valence-corrected chi connectivity index (χ1v) is 17.3. The third-order valence-electron chi connectivity index (χ3n) is 7.67. The van der Waals surface area contributed by atoms with Crippen LogP contribution < -0.4 is 10.1 Å². The van der Waals surface area contributed by atoms with E-state index in [0.29, 0.717) is 5.56 Å². The highest BCUT2D eigenvalue weighted by Crippen LogP contribution is 2.39. The van der Waals surface area contributed by atoms with E-state index in [1.807, 2.05) is 0 Å². The zero-order chi connectivity index (χ0) is 37.0. The third kappa shape index (κ3) is 9.33. The van der Waals surface area contributed by atoms with Crippen molar-refractivity contribution < 1.29 is 45.8 Å². The number of esters is 1. The Morgan fingerprint density at radius 2 is 1.64 bits per heavy atom. The van der Waals surface area contributed by atoms with Gasteiger partial charge in [0.25, 0.3) is 5.91 Å². The maximum Gasteiger partial charge on any atom is 0.408 e. The van der Waals surface area contributed by atoms with Crippen LogP contribution in [-0.4, -0.2) is 85.5 Å². The maximum atomic E-state index is 13.9. The number of hydrogen-bond acceptors (Lipinski definition) is 9. The molecule has 4 rings (SSSR count). The van der Waals surface area contributed by atoms with Crippen LogP contribution in [-0.2, 0) is 41.1 Å². The van der Waals surface area contributed by atoms with Gasteiger partial charge >= 0.3 is 12.1 Å². The topological polar surface area (TPSA) is 144 Å². The summed E-state index contributed by atoms with van der Waals surface area (Å²) in [4.78, 5) is 44.3. The summed E-state index contributed by atoms with van der Waals surface area (Å²) in [6.07, 6.45) is -1.24. The second-order valence-corrected chi connectivity index (χ2v) is 15.5. The average molecular weight is 717 g/mol. The van der Waals surface area contributed by atoms with Gasteiger partial charge in [0.15, 0.2) is 11.7 Å². The molecule has 1 saturated heterocycles.